The van der Waals surface area contributed by atoms with E-state index >= 15 is 0 Å². The number of ether oxygens (including phenoxy) is 2. The Balaban J connectivity index is 1.82. The molecule has 6 heteroatoms. The molecule has 23 heavy (non-hydrogen) atoms. The molecule has 5 nitrogen and oxygen atoms in total. The molecule has 0 saturated carbocycles. The van der Waals surface area contributed by atoms with Crippen LogP contribution in [0.3, 0.4) is 0 Å². The Morgan fingerprint density at radius 3 is 2.61 bits per heavy atom. The molecule has 1 heterocycles. The van der Waals surface area contributed by atoms with E-state index in [1.54, 1.807) is 11.0 Å². The van der Waals surface area contributed by atoms with Gasteiger partial charge in [0, 0.05) is 23.6 Å². The van der Waals surface area contributed by atoms with Crippen LogP contribution in [0.1, 0.15) is 19.4 Å². The Morgan fingerprint density at radius 2 is 1.96 bits per heavy atom. The lowest BCUT2D eigenvalue weighted by molar-refractivity contribution is -0.154. The van der Waals surface area contributed by atoms with E-state index in [1.807, 2.05) is 38.1 Å². The van der Waals surface area contributed by atoms with Crippen LogP contribution in [0.2, 0.25) is 0 Å². The molecule has 0 spiro atoms. The summed E-state index contributed by atoms with van der Waals surface area (Å²) in [6.45, 7) is 4.63. The molecule has 1 aliphatic rings. The molecule has 1 fully saturated rings. The summed E-state index contributed by atoms with van der Waals surface area (Å²) in [6, 6.07) is 7.52. The monoisotopic (exact) mass is 381 g/mol. The summed E-state index contributed by atoms with van der Waals surface area (Å²) in [5.41, 5.74) is 0.867. The molecule has 124 valence electrons. The molecule has 1 aromatic carbocycles. The summed E-state index contributed by atoms with van der Waals surface area (Å²) in [6.07, 6.45) is 2.95. The quantitative estimate of drug-likeness (QED) is 0.594. The van der Waals surface area contributed by atoms with Gasteiger partial charge in [0.2, 0.25) is 0 Å². The number of hydrogen-bond acceptors (Lipinski definition) is 4. The minimum atomic E-state index is -0.538. The third-order valence-electron chi connectivity index (χ3n) is 3.41. The Labute approximate surface area is 144 Å². The fourth-order valence-corrected chi connectivity index (χ4v) is 2.84. The lowest BCUT2D eigenvalue weighted by atomic mass is 10.2. The van der Waals surface area contributed by atoms with E-state index in [0.717, 1.165) is 10.0 Å². The van der Waals surface area contributed by atoms with Crippen LogP contribution < -0.4 is 0 Å². The van der Waals surface area contributed by atoms with Gasteiger partial charge >= 0.3 is 5.97 Å². The third kappa shape index (κ3) is 5.48. The molecule has 1 amide bonds. The fraction of sp³-hybridized carbons (Fsp3) is 0.412. The zero-order valence-corrected chi connectivity index (χ0v) is 14.8. The molecule has 1 saturated heterocycles. The summed E-state index contributed by atoms with van der Waals surface area (Å²) in [4.78, 5) is 25.5. The molecule has 0 radical (unpaired) electrons. The molecule has 0 unspecified atom stereocenters. The zero-order valence-electron chi connectivity index (χ0n) is 13.2. The van der Waals surface area contributed by atoms with Crippen LogP contribution in [0.4, 0.5) is 0 Å². The van der Waals surface area contributed by atoms with Gasteiger partial charge in [0.1, 0.15) is 0 Å². The van der Waals surface area contributed by atoms with Crippen molar-refractivity contribution in [2.24, 2.45) is 0 Å². The third-order valence-corrected chi connectivity index (χ3v) is 4.14. The zero-order chi connectivity index (χ0) is 16.8. The number of halogens is 1. The second kappa shape index (κ2) is 8.26. The summed E-state index contributed by atoms with van der Waals surface area (Å²) in [5, 5.41) is 0. The maximum atomic E-state index is 12.1. The number of morpholine rings is 1. The molecule has 0 aromatic heterocycles. The van der Waals surface area contributed by atoms with Crippen molar-refractivity contribution in [3.63, 3.8) is 0 Å². The van der Waals surface area contributed by atoms with Gasteiger partial charge in [-0.15, -0.1) is 0 Å². The van der Waals surface area contributed by atoms with Crippen LogP contribution in [0.25, 0.3) is 6.08 Å². The maximum absolute atomic E-state index is 12.1. The predicted molar refractivity (Wildman–Crippen MR) is 90.7 cm³/mol. The number of hydrogen-bond donors (Lipinski definition) is 0. The number of esters is 1. The van der Waals surface area contributed by atoms with Crippen LogP contribution in [0.15, 0.2) is 34.8 Å². The van der Waals surface area contributed by atoms with Gasteiger partial charge in [0.25, 0.3) is 5.91 Å². The van der Waals surface area contributed by atoms with E-state index in [0.29, 0.717) is 13.1 Å². The molecular weight excluding hydrogens is 362 g/mol. The Hall–Kier alpha value is -1.66. The first-order valence-corrected chi connectivity index (χ1v) is 8.27. The van der Waals surface area contributed by atoms with Crippen molar-refractivity contribution in [1.29, 1.82) is 0 Å². The highest BCUT2D eigenvalue weighted by atomic mass is 79.9. The van der Waals surface area contributed by atoms with Crippen LogP contribution in [0, 0.1) is 0 Å². The lowest BCUT2D eigenvalue weighted by Gasteiger charge is -2.35. The van der Waals surface area contributed by atoms with E-state index in [2.05, 4.69) is 15.9 Å². The second-order valence-electron chi connectivity index (χ2n) is 5.52. The van der Waals surface area contributed by atoms with Crippen LogP contribution in [0.5, 0.6) is 0 Å². The molecule has 0 bridgehead atoms. The summed E-state index contributed by atoms with van der Waals surface area (Å²) < 4.78 is 11.5. The number of nitrogens with zero attached hydrogens (tertiary/aromatic N) is 1. The molecule has 1 aromatic rings. The van der Waals surface area contributed by atoms with E-state index in [-0.39, 0.29) is 24.7 Å². The second-order valence-corrected chi connectivity index (χ2v) is 6.37. The minimum Gasteiger partial charge on any atom is -0.452 e. The number of carbonyl (C=O) groups excluding carboxylic acids is 2. The molecule has 0 aliphatic carbocycles. The van der Waals surface area contributed by atoms with Gasteiger partial charge < -0.3 is 14.4 Å². The average molecular weight is 382 g/mol. The molecule has 2 rings (SSSR count). The van der Waals surface area contributed by atoms with Crippen molar-refractivity contribution < 1.29 is 19.1 Å². The highest BCUT2D eigenvalue weighted by molar-refractivity contribution is 9.10. The topological polar surface area (TPSA) is 55.8 Å². The number of amides is 1. The summed E-state index contributed by atoms with van der Waals surface area (Å²) in [7, 11) is 0. The van der Waals surface area contributed by atoms with Crippen LogP contribution in [-0.4, -0.2) is 48.7 Å². The van der Waals surface area contributed by atoms with E-state index in [1.165, 1.54) is 6.08 Å². The summed E-state index contributed by atoms with van der Waals surface area (Å²) in [5.74, 6) is -0.738. The van der Waals surface area contributed by atoms with Gasteiger partial charge in [0.05, 0.1) is 12.2 Å². The van der Waals surface area contributed by atoms with Crippen molar-refractivity contribution in [2.45, 2.75) is 26.1 Å². The van der Waals surface area contributed by atoms with E-state index in [4.69, 9.17) is 9.47 Å². The van der Waals surface area contributed by atoms with Crippen molar-refractivity contribution >= 4 is 33.9 Å². The van der Waals surface area contributed by atoms with Crippen molar-refractivity contribution in [1.82, 2.24) is 4.90 Å². The van der Waals surface area contributed by atoms with Gasteiger partial charge in [-0.2, -0.15) is 0 Å². The first-order valence-electron chi connectivity index (χ1n) is 7.48. The van der Waals surface area contributed by atoms with E-state index in [9.17, 15) is 9.59 Å². The Bertz CT molecular complexity index is 592. The Morgan fingerprint density at radius 1 is 1.30 bits per heavy atom. The fourth-order valence-electron chi connectivity index (χ4n) is 2.42. The van der Waals surface area contributed by atoms with Gasteiger partial charge in [-0.1, -0.05) is 34.1 Å². The highest BCUT2D eigenvalue weighted by Crippen LogP contribution is 2.17. The largest absolute Gasteiger partial charge is 0.452 e. The first kappa shape index (κ1) is 17.7. The molecule has 2 atom stereocenters. The maximum Gasteiger partial charge on any atom is 0.331 e. The molecule has 0 N–H and O–H groups in total. The smallest absolute Gasteiger partial charge is 0.331 e. The van der Waals surface area contributed by atoms with Gasteiger partial charge in [-0.05, 0) is 31.6 Å². The molecule has 1 aliphatic heterocycles. The number of carbonyl (C=O) groups is 2. The van der Waals surface area contributed by atoms with E-state index < -0.39 is 5.97 Å². The van der Waals surface area contributed by atoms with Gasteiger partial charge in [-0.25, -0.2) is 4.79 Å². The van der Waals surface area contributed by atoms with Crippen molar-refractivity contribution in [3.8, 4) is 0 Å². The minimum absolute atomic E-state index is 0.00581. The standard InChI is InChI=1S/C17H20BrNO4/c1-12-9-19(10-13(2)23-12)16(20)11-22-17(21)8-7-14-5-3-4-6-15(14)18/h3-8,12-13H,9-11H2,1-2H3/b8-7+/t12-,13-/m0/s1. The van der Waals surface area contributed by atoms with Crippen molar-refractivity contribution in [2.75, 3.05) is 19.7 Å². The first-order chi connectivity index (χ1) is 11.0. The average Bonchev–Trinajstić information content (AvgIpc) is 2.51. The molecular formula is C17H20BrNO4. The Kier molecular flexibility index (Phi) is 6.36. The van der Waals surface area contributed by atoms with Gasteiger partial charge in [-0.3, -0.25) is 4.79 Å². The number of rotatable bonds is 4. The summed E-state index contributed by atoms with van der Waals surface area (Å²) >= 11 is 3.40. The number of benzene rings is 1. The normalized spacial score (nSPS) is 21.4. The van der Waals surface area contributed by atoms with Crippen LogP contribution >= 0.6 is 15.9 Å². The SMILES string of the molecule is C[C@H]1CN(C(=O)COC(=O)/C=C/c2ccccc2Br)C[C@H](C)O1. The highest BCUT2D eigenvalue weighted by Gasteiger charge is 2.26. The predicted octanol–water partition coefficient (Wildman–Crippen LogP) is 2.64. The van der Waals surface area contributed by atoms with Crippen molar-refractivity contribution in [3.05, 3.63) is 40.4 Å². The lowest BCUT2D eigenvalue weighted by Crippen LogP contribution is -2.49. The van der Waals surface area contributed by atoms with Crippen LogP contribution in [-0.2, 0) is 19.1 Å². The van der Waals surface area contributed by atoms with Gasteiger partial charge in [0.15, 0.2) is 6.61 Å².